The largest absolute Gasteiger partial charge is 0.354 e. The molecule has 0 aliphatic rings. The van der Waals surface area contributed by atoms with Crippen LogP contribution in [-0.4, -0.2) is 22.4 Å². The standard InChI is InChI=1S/C19H26N4O/c1-4-5-6-11-20-19-22-15(3)12-17(23-19)18(24)21-13-16-9-7-14(2)8-10-16/h7-10,12H,4-6,11,13H2,1-3H3,(H,21,24)(H,20,22,23). The number of nitrogens with zero attached hydrogens (tertiary/aromatic N) is 2. The van der Waals surface area contributed by atoms with Crippen molar-refractivity contribution >= 4 is 11.9 Å². The number of hydrogen-bond donors (Lipinski definition) is 2. The lowest BCUT2D eigenvalue weighted by Crippen LogP contribution is -2.24. The molecule has 5 heteroatoms. The van der Waals surface area contributed by atoms with E-state index in [0.717, 1.165) is 24.2 Å². The van der Waals surface area contributed by atoms with Crippen molar-refractivity contribution in [3.8, 4) is 0 Å². The maximum absolute atomic E-state index is 12.3. The van der Waals surface area contributed by atoms with Gasteiger partial charge in [0.1, 0.15) is 5.69 Å². The molecule has 0 unspecified atom stereocenters. The quantitative estimate of drug-likeness (QED) is 0.727. The Bertz CT molecular complexity index is 668. The number of anilines is 1. The summed E-state index contributed by atoms with van der Waals surface area (Å²) in [7, 11) is 0. The van der Waals surface area contributed by atoms with E-state index in [0.29, 0.717) is 18.2 Å². The molecule has 0 bridgehead atoms. The zero-order chi connectivity index (χ0) is 17.4. The number of aryl methyl sites for hydroxylation is 2. The maximum Gasteiger partial charge on any atom is 0.270 e. The lowest BCUT2D eigenvalue weighted by atomic mass is 10.1. The minimum absolute atomic E-state index is 0.183. The van der Waals surface area contributed by atoms with Crippen LogP contribution in [0.25, 0.3) is 0 Å². The molecule has 1 heterocycles. The van der Waals surface area contributed by atoms with Gasteiger partial charge in [0.05, 0.1) is 0 Å². The van der Waals surface area contributed by atoms with Gasteiger partial charge in [-0.25, -0.2) is 9.97 Å². The van der Waals surface area contributed by atoms with Crippen LogP contribution in [0.1, 0.15) is 53.5 Å². The molecule has 1 amide bonds. The average molecular weight is 326 g/mol. The molecular weight excluding hydrogens is 300 g/mol. The zero-order valence-electron chi connectivity index (χ0n) is 14.7. The summed E-state index contributed by atoms with van der Waals surface area (Å²) >= 11 is 0. The number of hydrogen-bond acceptors (Lipinski definition) is 4. The third-order valence-electron chi connectivity index (χ3n) is 3.72. The summed E-state index contributed by atoms with van der Waals surface area (Å²) in [5.74, 6) is 0.337. The molecule has 0 radical (unpaired) electrons. The van der Waals surface area contributed by atoms with E-state index in [1.54, 1.807) is 6.07 Å². The second-order valence-electron chi connectivity index (χ2n) is 6.02. The van der Waals surface area contributed by atoms with E-state index in [4.69, 9.17) is 0 Å². The summed E-state index contributed by atoms with van der Waals surface area (Å²) in [4.78, 5) is 21.0. The highest BCUT2D eigenvalue weighted by atomic mass is 16.1. The van der Waals surface area contributed by atoms with E-state index in [1.807, 2.05) is 38.1 Å². The van der Waals surface area contributed by atoms with Crippen LogP contribution < -0.4 is 10.6 Å². The van der Waals surface area contributed by atoms with E-state index in [9.17, 15) is 4.79 Å². The molecule has 1 aromatic carbocycles. The Kier molecular flexibility index (Phi) is 6.73. The molecule has 0 atom stereocenters. The number of amides is 1. The van der Waals surface area contributed by atoms with E-state index in [-0.39, 0.29) is 5.91 Å². The molecule has 0 saturated carbocycles. The molecule has 1 aromatic heterocycles. The molecular formula is C19H26N4O. The highest BCUT2D eigenvalue weighted by Crippen LogP contribution is 2.07. The van der Waals surface area contributed by atoms with Gasteiger partial charge in [0.25, 0.3) is 5.91 Å². The predicted octanol–water partition coefficient (Wildman–Crippen LogP) is 3.63. The first-order chi connectivity index (χ1) is 11.6. The highest BCUT2D eigenvalue weighted by Gasteiger charge is 2.10. The van der Waals surface area contributed by atoms with Crippen LogP contribution in [0.5, 0.6) is 0 Å². The molecule has 2 N–H and O–H groups in total. The molecule has 5 nitrogen and oxygen atoms in total. The Labute approximate surface area is 143 Å². The van der Waals surface area contributed by atoms with Crippen LogP contribution in [0.3, 0.4) is 0 Å². The highest BCUT2D eigenvalue weighted by molar-refractivity contribution is 5.92. The minimum atomic E-state index is -0.183. The molecule has 2 aromatic rings. The van der Waals surface area contributed by atoms with Gasteiger partial charge in [-0.15, -0.1) is 0 Å². The van der Waals surface area contributed by atoms with Gasteiger partial charge in [-0.3, -0.25) is 4.79 Å². The fourth-order valence-corrected chi connectivity index (χ4v) is 2.32. The summed E-state index contributed by atoms with van der Waals surface area (Å²) in [5.41, 5.74) is 3.45. The van der Waals surface area contributed by atoms with Gasteiger partial charge in [-0.2, -0.15) is 0 Å². The maximum atomic E-state index is 12.3. The number of carbonyl (C=O) groups is 1. The van der Waals surface area contributed by atoms with E-state index >= 15 is 0 Å². The fraction of sp³-hybridized carbons (Fsp3) is 0.421. The van der Waals surface area contributed by atoms with Crippen molar-refractivity contribution in [3.05, 3.63) is 52.8 Å². The Balaban J connectivity index is 1.95. The zero-order valence-corrected chi connectivity index (χ0v) is 14.7. The van der Waals surface area contributed by atoms with Crippen molar-refractivity contribution in [3.63, 3.8) is 0 Å². The third kappa shape index (κ3) is 5.65. The second-order valence-corrected chi connectivity index (χ2v) is 6.02. The normalized spacial score (nSPS) is 10.5. The summed E-state index contributed by atoms with van der Waals surface area (Å²) in [6.07, 6.45) is 3.41. The molecule has 0 fully saturated rings. The van der Waals surface area contributed by atoms with Crippen LogP contribution in [0.15, 0.2) is 30.3 Å². The van der Waals surface area contributed by atoms with Crippen molar-refractivity contribution in [1.29, 1.82) is 0 Å². The lowest BCUT2D eigenvalue weighted by molar-refractivity contribution is 0.0945. The molecule has 24 heavy (non-hydrogen) atoms. The molecule has 0 spiro atoms. The van der Waals surface area contributed by atoms with Crippen molar-refractivity contribution in [2.75, 3.05) is 11.9 Å². The summed E-state index contributed by atoms with van der Waals surface area (Å²) < 4.78 is 0. The van der Waals surface area contributed by atoms with Gasteiger partial charge in [0.15, 0.2) is 0 Å². The predicted molar refractivity (Wildman–Crippen MR) is 97.1 cm³/mol. The number of aromatic nitrogens is 2. The SMILES string of the molecule is CCCCCNc1nc(C)cc(C(=O)NCc2ccc(C)cc2)n1. The monoisotopic (exact) mass is 326 g/mol. The van der Waals surface area contributed by atoms with Gasteiger partial charge >= 0.3 is 0 Å². The number of benzene rings is 1. The Morgan fingerprint density at radius 1 is 1.08 bits per heavy atom. The smallest absolute Gasteiger partial charge is 0.270 e. The van der Waals surface area contributed by atoms with Gasteiger partial charge in [0, 0.05) is 18.8 Å². The first kappa shape index (κ1) is 17.9. The van der Waals surface area contributed by atoms with Gasteiger partial charge in [0.2, 0.25) is 5.95 Å². The Hall–Kier alpha value is -2.43. The third-order valence-corrected chi connectivity index (χ3v) is 3.72. The fourth-order valence-electron chi connectivity index (χ4n) is 2.32. The van der Waals surface area contributed by atoms with Crippen molar-refractivity contribution in [1.82, 2.24) is 15.3 Å². The van der Waals surface area contributed by atoms with Crippen LogP contribution in [0.2, 0.25) is 0 Å². The minimum Gasteiger partial charge on any atom is -0.354 e. The Morgan fingerprint density at radius 2 is 1.83 bits per heavy atom. The average Bonchev–Trinajstić information content (AvgIpc) is 2.57. The van der Waals surface area contributed by atoms with Crippen LogP contribution in [0, 0.1) is 13.8 Å². The van der Waals surface area contributed by atoms with Crippen LogP contribution in [-0.2, 0) is 6.54 Å². The number of rotatable bonds is 8. The van der Waals surface area contributed by atoms with Gasteiger partial charge in [-0.05, 0) is 31.9 Å². The summed E-state index contributed by atoms with van der Waals surface area (Å²) in [6.45, 7) is 7.39. The summed E-state index contributed by atoms with van der Waals surface area (Å²) in [6, 6.07) is 9.81. The van der Waals surface area contributed by atoms with E-state index < -0.39 is 0 Å². The molecule has 128 valence electrons. The molecule has 2 rings (SSSR count). The van der Waals surface area contributed by atoms with Crippen molar-refractivity contribution in [2.24, 2.45) is 0 Å². The van der Waals surface area contributed by atoms with Gasteiger partial charge < -0.3 is 10.6 Å². The van der Waals surface area contributed by atoms with E-state index in [2.05, 4.69) is 27.5 Å². The number of nitrogens with one attached hydrogen (secondary N) is 2. The van der Waals surface area contributed by atoms with Crippen molar-refractivity contribution < 1.29 is 4.79 Å². The molecule has 0 saturated heterocycles. The molecule has 0 aliphatic heterocycles. The van der Waals surface area contributed by atoms with Crippen LogP contribution in [0.4, 0.5) is 5.95 Å². The molecule has 0 aliphatic carbocycles. The van der Waals surface area contributed by atoms with Gasteiger partial charge in [-0.1, -0.05) is 49.6 Å². The number of unbranched alkanes of at least 4 members (excludes halogenated alkanes) is 2. The Morgan fingerprint density at radius 3 is 2.54 bits per heavy atom. The topological polar surface area (TPSA) is 66.9 Å². The first-order valence-corrected chi connectivity index (χ1v) is 8.52. The van der Waals surface area contributed by atoms with E-state index in [1.165, 1.54) is 18.4 Å². The van der Waals surface area contributed by atoms with Crippen LogP contribution >= 0.6 is 0 Å². The second kappa shape index (κ2) is 9.01. The summed E-state index contributed by atoms with van der Waals surface area (Å²) in [5, 5.41) is 6.10. The number of carbonyl (C=O) groups excluding carboxylic acids is 1. The van der Waals surface area contributed by atoms with Crippen molar-refractivity contribution in [2.45, 2.75) is 46.6 Å². The lowest BCUT2D eigenvalue weighted by Gasteiger charge is -2.09. The first-order valence-electron chi connectivity index (χ1n) is 8.52.